The first-order chi connectivity index (χ1) is 15.9. The summed E-state index contributed by atoms with van der Waals surface area (Å²) in [6, 6.07) is 16.7. The van der Waals surface area contributed by atoms with Crippen LogP contribution in [0, 0.1) is 5.92 Å². The number of nitrogens with zero attached hydrogens (tertiary/aromatic N) is 3. The van der Waals surface area contributed by atoms with Crippen molar-refractivity contribution in [3.05, 3.63) is 66.2 Å². The number of methoxy groups -OCH3 is 1. The van der Waals surface area contributed by atoms with Gasteiger partial charge in [0.05, 0.1) is 7.11 Å². The first-order valence-electron chi connectivity index (χ1n) is 12.1. The fraction of sp³-hybridized carbons (Fsp3) is 0.464. The molecule has 0 bridgehead atoms. The fourth-order valence-corrected chi connectivity index (χ4v) is 4.88. The minimum absolute atomic E-state index is 0.0842. The Morgan fingerprint density at radius 3 is 2.39 bits per heavy atom. The molecule has 0 N–H and O–H groups in total. The molecular formula is C28H39N3O2. The van der Waals surface area contributed by atoms with Crippen LogP contribution in [0.15, 0.2) is 60.7 Å². The van der Waals surface area contributed by atoms with E-state index in [1.807, 2.05) is 43.0 Å². The number of hydrogen-bond donors (Lipinski definition) is 0. The van der Waals surface area contributed by atoms with E-state index in [2.05, 4.69) is 54.5 Å². The van der Waals surface area contributed by atoms with Gasteiger partial charge in [-0.15, -0.1) is 0 Å². The Morgan fingerprint density at radius 1 is 1.12 bits per heavy atom. The molecule has 1 aliphatic rings. The predicted molar refractivity (Wildman–Crippen MR) is 138 cm³/mol. The van der Waals surface area contributed by atoms with Crippen LogP contribution in [-0.4, -0.2) is 61.6 Å². The summed E-state index contributed by atoms with van der Waals surface area (Å²) in [4.78, 5) is 19.6. The van der Waals surface area contributed by atoms with Gasteiger partial charge in [-0.25, -0.2) is 0 Å². The molecule has 33 heavy (non-hydrogen) atoms. The van der Waals surface area contributed by atoms with Gasteiger partial charge in [0.15, 0.2) is 0 Å². The van der Waals surface area contributed by atoms with Crippen molar-refractivity contribution in [2.24, 2.45) is 5.92 Å². The first-order valence-corrected chi connectivity index (χ1v) is 12.1. The Hall–Kier alpha value is -2.79. The topological polar surface area (TPSA) is 36.0 Å². The van der Waals surface area contributed by atoms with Gasteiger partial charge in [0.1, 0.15) is 5.75 Å². The molecule has 0 radical (unpaired) electrons. The number of carbonyl (C=O) groups is 1. The highest BCUT2D eigenvalue weighted by molar-refractivity contribution is 5.94. The van der Waals surface area contributed by atoms with Crippen molar-refractivity contribution >= 4 is 17.3 Å². The summed E-state index contributed by atoms with van der Waals surface area (Å²) < 4.78 is 5.52. The van der Waals surface area contributed by atoms with Crippen LogP contribution in [0.4, 0.5) is 11.4 Å². The second-order valence-electron chi connectivity index (χ2n) is 9.12. The van der Waals surface area contributed by atoms with E-state index in [1.165, 1.54) is 5.57 Å². The molecule has 1 amide bonds. The molecule has 2 aromatic rings. The van der Waals surface area contributed by atoms with Gasteiger partial charge in [-0.2, -0.15) is 0 Å². The van der Waals surface area contributed by atoms with Crippen LogP contribution in [0.25, 0.3) is 0 Å². The number of hydrogen-bond acceptors (Lipinski definition) is 4. The van der Waals surface area contributed by atoms with Crippen molar-refractivity contribution in [1.29, 1.82) is 0 Å². The smallest absolute Gasteiger partial charge is 0.253 e. The highest BCUT2D eigenvalue weighted by atomic mass is 16.5. The van der Waals surface area contributed by atoms with Crippen molar-refractivity contribution in [3.63, 3.8) is 0 Å². The molecule has 0 saturated carbocycles. The number of rotatable bonds is 9. The summed E-state index contributed by atoms with van der Waals surface area (Å²) in [5.74, 6) is 1.40. The molecule has 2 aromatic carbocycles. The molecule has 0 spiro atoms. The minimum atomic E-state index is 0.0842. The zero-order chi connectivity index (χ0) is 24.0. The quantitative estimate of drug-likeness (QED) is 0.467. The standard InChI is InChI=1S/C28H39N3O2/c1-7-30(8-2)28(32)23-12-14-24(15-13-23)31(25-10-9-11-26(18-25)33-6)27-16-17-29(19-21(3)4)20-22(27)5/h9-15,18,22,27H,3,7-8,16-17,19-20H2,1-2,4-6H3/t22-,27+/m1/s1. The molecule has 1 fully saturated rings. The molecule has 5 nitrogen and oxygen atoms in total. The number of carbonyl (C=O) groups excluding carboxylic acids is 1. The lowest BCUT2D eigenvalue weighted by molar-refractivity contribution is 0.0773. The molecule has 178 valence electrons. The summed E-state index contributed by atoms with van der Waals surface area (Å²) in [6.07, 6.45) is 1.06. The molecule has 0 aromatic heterocycles. The van der Waals surface area contributed by atoms with Crippen molar-refractivity contribution in [2.45, 2.75) is 40.2 Å². The van der Waals surface area contributed by atoms with Gasteiger partial charge >= 0.3 is 0 Å². The second kappa shape index (κ2) is 11.4. The Kier molecular flexibility index (Phi) is 8.56. The van der Waals surface area contributed by atoms with E-state index < -0.39 is 0 Å². The SMILES string of the molecule is C=C(C)CN1CC[C@H](N(c2ccc(C(=O)N(CC)CC)cc2)c2cccc(OC)c2)[C@H](C)C1. The van der Waals surface area contributed by atoms with Gasteiger partial charge in [-0.1, -0.05) is 25.1 Å². The van der Waals surface area contributed by atoms with Crippen LogP contribution in [-0.2, 0) is 0 Å². The predicted octanol–water partition coefficient (Wildman–Crippen LogP) is 5.60. The number of anilines is 2. The second-order valence-corrected chi connectivity index (χ2v) is 9.12. The summed E-state index contributed by atoms with van der Waals surface area (Å²) >= 11 is 0. The maximum absolute atomic E-state index is 12.8. The molecular weight excluding hydrogens is 410 g/mol. The molecule has 0 unspecified atom stereocenters. The number of benzene rings is 2. The van der Waals surface area contributed by atoms with Crippen LogP contribution in [0.5, 0.6) is 5.75 Å². The molecule has 2 atom stereocenters. The highest BCUT2D eigenvalue weighted by Crippen LogP contribution is 2.36. The zero-order valence-corrected chi connectivity index (χ0v) is 20.9. The molecule has 3 rings (SSSR count). The van der Waals surface area contributed by atoms with Gasteiger partial charge in [0.2, 0.25) is 0 Å². The van der Waals surface area contributed by atoms with E-state index in [9.17, 15) is 4.79 Å². The molecule has 1 saturated heterocycles. The average molecular weight is 450 g/mol. The lowest BCUT2D eigenvalue weighted by Crippen LogP contribution is -2.49. The van der Waals surface area contributed by atoms with E-state index in [0.717, 1.165) is 48.7 Å². The molecule has 1 aliphatic heterocycles. The Balaban J connectivity index is 1.93. The van der Waals surface area contributed by atoms with Crippen LogP contribution in [0.2, 0.25) is 0 Å². The summed E-state index contributed by atoms with van der Waals surface area (Å²) in [7, 11) is 1.70. The van der Waals surface area contributed by atoms with E-state index in [4.69, 9.17) is 4.74 Å². The molecule has 5 heteroatoms. The van der Waals surface area contributed by atoms with E-state index in [1.54, 1.807) is 7.11 Å². The summed E-state index contributed by atoms with van der Waals surface area (Å²) in [5, 5.41) is 0. The van der Waals surface area contributed by atoms with Crippen LogP contribution in [0.1, 0.15) is 44.5 Å². The molecule has 1 heterocycles. The zero-order valence-electron chi connectivity index (χ0n) is 20.9. The summed E-state index contributed by atoms with van der Waals surface area (Å²) in [6.45, 7) is 17.0. The Bertz CT molecular complexity index is 936. The van der Waals surface area contributed by atoms with Crippen molar-refractivity contribution < 1.29 is 9.53 Å². The monoisotopic (exact) mass is 449 g/mol. The third kappa shape index (κ3) is 5.97. The average Bonchev–Trinajstić information content (AvgIpc) is 2.81. The van der Waals surface area contributed by atoms with Gasteiger partial charge in [-0.05, 0) is 69.5 Å². The Labute approximate surface area is 199 Å². The van der Waals surface area contributed by atoms with Gasteiger partial charge < -0.3 is 14.5 Å². The van der Waals surface area contributed by atoms with E-state index >= 15 is 0 Å². The third-order valence-electron chi connectivity index (χ3n) is 6.54. The fourth-order valence-electron chi connectivity index (χ4n) is 4.88. The van der Waals surface area contributed by atoms with Crippen LogP contribution < -0.4 is 9.64 Å². The number of likely N-dealkylation sites (tertiary alicyclic amines) is 1. The van der Waals surface area contributed by atoms with Gasteiger partial charge in [0.25, 0.3) is 5.91 Å². The van der Waals surface area contributed by atoms with Crippen molar-refractivity contribution in [1.82, 2.24) is 9.80 Å². The maximum atomic E-state index is 12.8. The number of ether oxygens (including phenoxy) is 1. The largest absolute Gasteiger partial charge is 0.497 e. The van der Waals surface area contributed by atoms with Crippen molar-refractivity contribution in [3.8, 4) is 5.75 Å². The first kappa shape index (κ1) is 24.8. The normalized spacial score (nSPS) is 18.6. The van der Waals surface area contributed by atoms with Gasteiger partial charge in [-0.3, -0.25) is 9.69 Å². The number of piperidine rings is 1. The lowest BCUT2D eigenvalue weighted by atomic mass is 9.91. The van der Waals surface area contributed by atoms with Gasteiger partial charge in [0, 0.05) is 61.8 Å². The third-order valence-corrected chi connectivity index (χ3v) is 6.54. The highest BCUT2D eigenvalue weighted by Gasteiger charge is 2.32. The van der Waals surface area contributed by atoms with E-state index in [-0.39, 0.29) is 5.91 Å². The van der Waals surface area contributed by atoms with Crippen LogP contribution >= 0.6 is 0 Å². The van der Waals surface area contributed by atoms with Crippen molar-refractivity contribution in [2.75, 3.05) is 44.7 Å². The molecule has 0 aliphatic carbocycles. The van der Waals surface area contributed by atoms with Crippen LogP contribution in [0.3, 0.4) is 0 Å². The number of amides is 1. The minimum Gasteiger partial charge on any atom is -0.497 e. The lowest BCUT2D eigenvalue weighted by Gasteiger charge is -2.44. The Morgan fingerprint density at radius 2 is 1.82 bits per heavy atom. The maximum Gasteiger partial charge on any atom is 0.253 e. The summed E-state index contributed by atoms with van der Waals surface area (Å²) in [5.41, 5.74) is 4.16. The van der Waals surface area contributed by atoms with E-state index in [0.29, 0.717) is 25.0 Å².